The molecule has 2 amide bonds. The van der Waals surface area contributed by atoms with E-state index in [1.807, 2.05) is 4.90 Å². The fourth-order valence-corrected chi connectivity index (χ4v) is 4.57. The van der Waals surface area contributed by atoms with Crippen LogP contribution in [0.2, 0.25) is 0 Å². The number of carbonyl (C=O) groups excluding carboxylic acids is 2. The maximum absolute atomic E-state index is 12.6. The van der Waals surface area contributed by atoms with E-state index in [4.69, 9.17) is 10.2 Å². The van der Waals surface area contributed by atoms with Crippen molar-refractivity contribution in [1.29, 1.82) is 0 Å². The summed E-state index contributed by atoms with van der Waals surface area (Å²) in [4.78, 5) is 27.3. The molecule has 0 saturated carbocycles. The maximum atomic E-state index is 12.6. The molecule has 0 aliphatic carbocycles. The van der Waals surface area contributed by atoms with E-state index in [1.54, 1.807) is 0 Å². The Balaban J connectivity index is 0.00000280. The van der Waals surface area contributed by atoms with Gasteiger partial charge in [0.1, 0.15) is 0 Å². The zero-order valence-corrected chi connectivity index (χ0v) is 17.1. The SMILES string of the molecule is Cl.NC(=O)c1ccc(S(=O)(=O)N2CCN(CCC(=O)N3CCNCC3)CC2)o1. The van der Waals surface area contributed by atoms with E-state index in [-0.39, 0.29) is 29.2 Å². The van der Waals surface area contributed by atoms with Gasteiger partial charge in [-0.15, -0.1) is 12.4 Å². The van der Waals surface area contributed by atoms with Crippen molar-refractivity contribution >= 4 is 34.2 Å². The average molecular weight is 436 g/mol. The largest absolute Gasteiger partial charge is 0.438 e. The molecule has 0 aromatic carbocycles. The van der Waals surface area contributed by atoms with E-state index >= 15 is 0 Å². The number of nitrogens with zero attached hydrogens (tertiary/aromatic N) is 3. The summed E-state index contributed by atoms with van der Waals surface area (Å²) in [5.74, 6) is -0.852. The molecule has 3 heterocycles. The molecular formula is C16H26ClN5O5S. The van der Waals surface area contributed by atoms with Gasteiger partial charge < -0.3 is 25.3 Å². The minimum atomic E-state index is -3.80. The number of sulfonamides is 1. The molecule has 0 spiro atoms. The lowest BCUT2D eigenvalue weighted by molar-refractivity contribution is -0.132. The van der Waals surface area contributed by atoms with Crippen molar-refractivity contribution in [2.24, 2.45) is 5.73 Å². The molecule has 1 aromatic heterocycles. The number of primary amides is 1. The van der Waals surface area contributed by atoms with Gasteiger partial charge in [-0.3, -0.25) is 9.59 Å². The highest BCUT2D eigenvalue weighted by Gasteiger charge is 2.31. The molecule has 0 bridgehead atoms. The van der Waals surface area contributed by atoms with Crippen molar-refractivity contribution < 1.29 is 22.4 Å². The molecule has 158 valence electrons. The number of carbonyl (C=O) groups is 2. The molecule has 0 unspecified atom stereocenters. The summed E-state index contributed by atoms with van der Waals surface area (Å²) >= 11 is 0. The number of nitrogens with one attached hydrogen (secondary N) is 1. The lowest BCUT2D eigenvalue weighted by Gasteiger charge is -2.34. The highest BCUT2D eigenvalue weighted by Crippen LogP contribution is 2.20. The summed E-state index contributed by atoms with van der Waals surface area (Å²) in [5.41, 5.74) is 5.10. The fourth-order valence-electron chi connectivity index (χ4n) is 3.24. The van der Waals surface area contributed by atoms with E-state index in [1.165, 1.54) is 16.4 Å². The molecule has 10 nitrogen and oxygen atoms in total. The van der Waals surface area contributed by atoms with Gasteiger partial charge >= 0.3 is 0 Å². The third-order valence-electron chi connectivity index (χ3n) is 4.86. The Kier molecular flexibility index (Phi) is 7.84. The Morgan fingerprint density at radius 2 is 1.71 bits per heavy atom. The van der Waals surface area contributed by atoms with Gasteiger partial charge in [-0.1, -0.05) is 0 Å². The Morgan fingerprint density at radius 1 is 1.07 bits per heavy atom. The molecule has 3 rings (SSSR count). The van der Waals surface area contributed by atoms with Crippen LogP contribution in [0.25, 0.3) is 0 Å². The number of furan rings is 1. The molecule has 0 atom stereocenters. The smallest absolute Gasteiger partial charge is 0.284 e. The van der Waals surface area contributed by atoms with Gasteiger partial charge in [0.25, 0.3) is 15.9 Å². The van der Waals surface area contributed by atoms with Gasteiger partial charge in [0.2, 0.25) is 11.0 Å². The first-order valence-corrected chi connectivity index (χ1v) is 10.4. The van der Waals surface area contributed by atoms with E-state index in [9.17, 15) is 18.0 Å². The third kappa shape index (κ3) is 5.23. The van der Waals surface area contributed by atoms with Gasteiger partial charge in [-0.05, 0) is 12.1 Å². The number of rotatable bonds is 6. The number of piperazine rings is 2. The molecule has 2 saturated heterocycles. The van der Waals surface area contributed by atoms with E-state index in [2.05, 4.69) is 10.2 Å². The maximum Gasteiger partial charge on any atom is 0.284 e. The minimum absolute atomic E-state index is 0. The second-order valence-corrected chi connectivity index (χ2v) is 8.48. The first-order chi connectivity index (χ1) is 12.9. The Morgan fingerprint density at radius 3 is 2.29 bits per heavy atom. The number of hydrogen-bond acceptors (Lipinski definition) is 7. The minimum Gasteiger partial charge on any atom is -0.438 e. The molecule has 2 fully saturated rings. The number of amides is 2. The summed E-state index contributed by atoms with van der Waals surface area (Å²) in [5, 5.41) is 2.94. The molecule has 12 heteroatoms. The Bertz CT molecular complexity index is 785. The molecule has 0 radical (unpaired) electrons. The lowest BCUT2D eigenvalue weighted by Crippen LogP contribution is -2.50. The first-order valence-electron chi connectivity index (χ1n) is 8.98. The Hall–Kier alpha value is -1.66. The average Bonchev–Trinajstić information content (AvgIpc) is 3.18. The fraction of sp³-hybridized carbons (Fsp3) is 0.625. The van der Waals surface area contributed by atoms with Crippen LogP contribution in [-0.4, -0.2) is 93.2 Å². The summed E-state index contributed by atoms with van der Waals surface area (Å²) in [6.07, 6.45) is 0.437. The van der Waals surface area contributed by atoms with E-state index in [0.29, 0.717) is 39.1 Å². The van der Waals surface area contributed by atoms with Crippen LogP contribution in [0, 0.1) is 0 Å². The van der Waals surface area contributed by atoms with Gasteiger partial charge in [0.15, 0.2) is 5.76 Å². The summed E-state index contributed by atoms with van der Waals surface area (Å²) in [6.45, 7) is 5.42. The topological polar surface area (TPSA) is 129 Å². The standard InChI is InChI=1S/C16H25N5O5S.ClH/c17-16(23)13-1-2-15(26-13)27(24,25)21-11-9-19(10-12-21)6-3-14(22)20-7-4-18-5-8-20;/h1-2,18H,3-12H2,(H2,17,23);1H. The molecule has 3 N–H and O–H groups in total. The zero-order chi connectivity index (χ0) is 19.4. The van der Waals surface area contributed by atoms with Crippen LogP contribution in [0.3, 0.4) is 0 Å². The predicted octanol–water partition coefficient (Wildman–Crippen LogP) is -1.07. The van der Waals surface area contributed by atoms with Crippen LogP contribution in [0.1, 0.15) is 17.0 Å². The quantitative estimate of drug-likeness (QED) is 0.581. The molecule has 2 aliphatic heterocycles. The Labute approximate surface area is 170 Å². The van der Waals surface area contributed by atoms with Crippen molar-refractivity contribution in [2.75, 3.05) is 58.9 Å². The molecular weight excluding hydrogens is 410 g/mol. The van der Waals surface area contributed by atoms with Crippen molar-refractivity contribution in [2.45, 2.75) is 11.5 Å². The summed E-state index contributed by atoms with van der Waals surface area (Å²) < 4.78 is 31.6. The lowest BCUT2D eigenvalue weighted by atomic mass is 10.2. The zero-order valence-electron chi connectivity index (χ0n) is 15.5. The van der Waals surface area contributed by atoms with Crippen LogP contribution in [0.15, 0.2) is 21.6 Å². The predicted molar refractivity (Wildman–Crippen MR) is 104 cm³/mol. The van der Waals surface area contributed by atoms with Crippen molar-refractivity contribution in [3.8, 4) is 0 Å². The van der Waals surface area contributed by atoms with Crippen molar-refractivity contribution in [3.63, 3.8) is 0 Å². The van der Waals surface area contributed by atoms with Gasteiger partial charge in [0, 0.05) is 65.3 Å². The first kappa shape index (κ1) is 22.6. The van der Waals surface area contributed by atoms with E-state index in [0.717, 1.165) is 26.2 Å². The van der Waals surface area contributed by atoms with Crippen LogP contribution in [-0.2, 0) is 14.8 Å². The summed E-state index contributed by atoms with van der Waals surface area (Å²) in [6, 6.07) is 2.50. The van der Waals surface area contributed by atoms with Gasteiger partial charge in [0.05, 0.1) is 0 Å². The number of halogens is 1. The van der Waals surface area contributed by atoms with Crippen LogP contribution >= 0.6 is 12.4 Å². The summed E-state index contributed by atoms with van der Waals surface area (Å²) in [7, 11) is -3.80. The molecule has 28 heavy (non-hydrogen) atoms. The molecule has 1 aromatic rings. The number of nitrogens with two attached hydrogens (primary N) is 1. The van der Waals surface area contributed by atoms with E-state index < -0.39 is 15.9 Å². The number of hydrogen-bond donors (Lipinski definition) is 2. The monoisotopic (exact) mass is 435 g/mol. The van der Waals surface area contributed by atoms with Gasteiger partial charge in [-0.25, -0.2) is 8.42 Å². The molecule has 2 aliphatic rings. The van der Waals surface area contributed by atoms with Crippen molar-refractivity contribution in [1.82, 2.24) is 19.4 Å². The van der Waals surface area contributed by atoms with Crippen molar-refractivity contribution in [3.05, 3.63) is 17.9 Å². The second kappa shape index (κ2) is 9.70. The highest BCUT2D eigenvalue weighted by molar-refractivity contribution is 7.89. The van der Waals surface area contributed by atoms with Crippen LogP contribution < -0.4 is 11.1 Å². The normalized spacial score (nSPS) is 19.2. The second-order valence-electron chi connectivity index (χ2n) is 6.61. The van der Waals surface area contributed by atoms with Crippen LogP contribution in [0.4, 0.5) is 0 Å². The van der Waals surface area contributed by atoms with Gasteiger partial charge in [-0.2, -0.15) is 4.31 Å². The third-order valence-corrected chi connectivity index (χ3v) is 6.63. The van der Waals surface area contributed by atoms with Crippen LogP contribution in [0.5, 0.6) is 0 Å². The highest BCUT2D eigenvalue weighted by atomic mass is 35.5.